The van der Waals surface area contributed by atoms with Gasteiger partial charge < -0.3 is 24.6 Å². The van der Waals surface area contributed by atoms with Crippen LogP contribution in [0.5, 0.6) is 11.5 Å². The summed E-state index contributed by atoms with van der Waals surface area (Å²) < 4.78 is 59.4. The van der Waals surface area contributed by atoms with Gasteiger partial charge in [-0.1, -0.05) is 12.1 Å². The van der Waals surface area contributed by atoms with Crippen LogP contribution >= 0.6 is 11.3 Å². The van der Waals surface area contributed by atoms with Gasteiger partial charge in [-0.3, -0.25) is 4.98 Å². The average Bonchev–Trinajstić information content (AvgIpc) is 3.20. The second kappa shape index (κ2) is 9.74. The number of hydrogen-bond acceptors (Lipinski definition) is 7. The lowest BCUT2D eigenvalue weighted by atomic mass is 10.1. The second-order valence-corrected chi connectivity index (χ2v) is 6.88. The summed E-state index contributed by atoms with van der Waals surface area (Å²) in [5.41, 5.74) is 2.83. The summed E-state index contributed by atoms with van der Waals surface area (Å²) in [5, 5.41) is 18.5. The van der Waals surface area contributed by atoms with Gasteiger partial charge in [0.15, 0.2) is 17.8 Å². The lowest BCUT2D eigenvalue weighted by molar-refractivity contribution is -0.0692. The smallest absolute Gasteiger partial charge is 0.387 e. The zero-order valence-corrected chi connectivity index (χ0v) is 16.0. The highest BCUT2D eigenvalue weighted by Crippen LogP contribution is 2.37. The van der Waals surface area contributed by atoms with Crippen LogP contribution in [0.25, 0.3) is 0 Å². The molecule has 0 aliphatic heterocycles. The van der Waals surface area contributed by atoms with Crippen molar-refractivity contribution in [1.82, 2.24) is 4.98 Å². The van der Waals surface area contributed by atoms with E-state index < -0.39 is 31.0 Å². The van der Waals surface area contributed by atoms with Gasteiger partial charge >= 0.3 is 13.2 Å². The van der Waals surface area contributed by atoms with E-state index in [2.05, 4.69) is 14.5 Å². The first-order valence-electron chi connectivity index (χ1n) is 8.48. The third-order valence-corrected chi connectivity index (χ3v) is 4.74. The fraction of sp³-hybridized carbons (Fsp3) is 0.211. The molecule has 0 saturated heterocycles. The molecule has 0 spiro atoms. The molecular weight excluding hydrogens is 428 g/mol. The lowest BCUT2D eigenvalue weighted by Gasteiger charge is -2.26. The van der Waals surface area contributed by atoms with Crippen molar-refractivity contribution in [3.05, 3.63) is 64.6 Å². The first-order valence-corrected chi connectivity index (χ1v) is 9.36. The molecule has 1 heterocycles. The molecule has 30 heavy (non-hydrogen) atoms. The van der Waals surface area contributed by atoms with Crippen molar-refractivity contribution in [2.45, 2.75) is 26.1 Å². The van der Waals surface area contributed by atoms with E-state index in [4.69, 9.17) is 0 Å². The molecule has 6 nitrogen and oxygen atoms in total. The Morgan fingerprint density at radius 3 is 2.10 bits per heavy atom. The zero-order valence-electron chi connectivity index (χ0n) is 15.2. The van der Waals surface area contributed by atoms with Crippen LogP contribution in [0.2, 0.25) is 0 Å². The fourth-order valence-electron chi connectivity index (χ4n) is 2.68. The first kappa shape index (κ1) is 21.8. The van der Waals surface area contributed by atoms with Gasteiger partial charge in [0, 0.05) is 34.1 Å². The Kier molecular flexibility index (Phi) is 7.08. The Morgan fingerprint density at radius 1 is 0.900 bits per heavy atom. The van der Waals surface area contributed by atoms with Crippen molar-refractivity contribution >= 4 is 22.7 Å². The summed E-state index contributed by atoms with van der Waals surface area (Å²) in [6.07, 6.45) is -0.0141. The molecule has 0 aliphatic carbocycles. The minimum atomic E-state index is -3.24. The molecule has 0 amide bonds. The molecule has 0 saturated carbocycles. The maximum Gasteiger partial charge on any atom is 0.387 e. The number of rotatable bonds is 9. The van der Waals surface area contributed by atoms with Gasteiger partial charge in [0.05, 0.1) is 12.1 Å². The normalized spacial score (nSPS) is 11.4. The Balaban J connectivity index is 2.01. The van der Waals surface area contributed by atoms with Crippen molar-refractivity contribution < 1.29 is 37.2 Å². The van der Waals surface area contributed by atoms with Gasteiger partial charge in [-0.15, -0.1) is 11.3 Å². The summed E-state index contributed by atoms with van der Waals surface area (Å²) in [6.45, 7) is -6.16. The molecule has 0 bridgehead atoms. The highest BCUT2D eigenvalue weighted by molar-refractivity contribution is 7.09. The summed E-state index contributed by atoms with van der Waals surface area (Å²) in [6, 6.07) is 9.89. The molecule has 3 aromatic rings. The number of thiazole rings is 1. The molecule has 0 radical (unpaired) electrons. The van der Waals surface area contributed by atoms with E-state index in [1.54, 1.807) is 28.7 Å². The van der Waals surface area contributed by atoms with Crippen molar-refractivity contribution in [3.63, 3.8) is 0 Å². The molecule has 11 heteroatoms. The topological polar surface area (TPSA) is 75.1 Å². The van der Waals surface area contributed by atoms with Gasteiger partial charge in [0.25, 0.3) is 0 Å². The molecular formula is C19H16F4N2O4S. The molecule has 2 aromatic carbocycles. The number of ether oxygens (including phenoxy) is 2. The third-order valence-electron chi connectivity index (χ3n) is 3.97. The van der Waals surface area contributed by atoms with Gasteiger partial charge in [0.2, 0.25) is 0 Å². The number of nitrogens with zero attached hydrogens (tertiary/aromatic N) is 2. The van der Waals surface area contributed by atoms with Crippen LogP contribution in [0.4, 0.5) is 28.9 Å². The number of aromatic nitrogens is 1. The number of aliphatic hydroxyl groups is 2. The molecule has 3 rings (SSSR count). The van der Waals surface area contributed by atoms with Crippen LogP contribution in [-0.2, 0) is 6.54 Å². The monoisotopic (exact) mass is 444 g/mol. The largest absolute Gasteiger partial charge is 0.431 e. The highest BCUT2D eigenvalue weighted by Gasteiger charge is 2.19. The zero-order chi connectivity index (χ0) is 21.7. The summed E-state index contributed by atoms with van der Waals surface area (Å²) in [7, 11) is 0. The van der Waals surface area contributed by atoms with Crippen molar-refractivity contribution in [1.29, 1.82) is 0 Å². The Morgan fingerprint density at radius 2 is 1.53 bits per heavy atom. The summed E-state index contributed by atoms with van der Waals surface area (Å²) in [4.78, 5) is 6.54. The highest BCUT2D eigenvalue weighted by atomic mass is 32.1. The molecule has 2 N–H and O–H groups in total. The Labute approximate surface area is 172 Å². The van der Waals surface area contributed by atoms with E-state index in [-0.39, 0.29) is 12.1 Å². The van der Waals surface area contributed by atoms with Crippen molar-refractivity contribution in [2.75, 3.05) is 4.90 Å². The number of anilines is 2. The van der Waals surface area contributed by atoms with E-state index in [1.165, 1.54) is 35.6 Å². The minimum Gasteiger partial charge on any atom is -0.431 e. The maximum atomic E-state index is 12.8. The van der Waals surface area contributed by atoms with Crippen molar-refractivity contribution in [3.8, 4) is 11.5 Å². The van der Waals surface area contributed by atoms with Crippen LogP contribution < -0.4 is 14.4 Å². The predicted octanol–water partition coefficient (Wildman–Crippen LogP) is 4.67. The van der Waals surface area contributed by atoms with Gasteiger partial charge in [-0.05, 0) is 24.3 Å². The Bertz CT molecular complexity index is 940. The molecule has 0 fully saturated rings. The van der Waals surface area contributed by atoms with Crippen molar-refractivity contribution in [2.24, 2.45) is 0 Å². The number of aliphatic hydroxyl groups excluding tert-OH is 1. The molecule has 0 aliphatic rings. The number of benzene rings is 2. The molecule has 0 unspecified atom stereocenters. The number of halogens is 4. The van der Waals surface area contributed by atoms with E-state index >= 15 is 0 Å². The maximum absolute atomic E-state index is 12.8. The average molecular weight is 444 g/mol. The van der Waals surface area contributed by atoms with Crippen LogP contribution in [-0.4, -0.2) is 28.4 Å². The lowest BCUT2D eigenvalue weighted by Crippen LogP contribution is -2.16. The van der Waals surface area contributed by atoms with Gasteiger partial charge in [0.1, 0.15) is 0 Å². The molecule has 1 aromatic heterocycles. The van der Waals surface area contributed by atoms with E-state index in [1.807, 2.05) is 0 Å². The minimum absolute atomic E-state index is 0.263. The van der Waals surface area contributed by atoms with Gasteiger partial charge in [-0.25, -0.2) is 0 Å². The molecule has 0 atom stereocenters. The second-order valence-electron chi connectivity index (χ2n) is 5.91. The summed E-state index contributed by atoms with van der Waals surface area (Å²) in [5.74, 6) is -1.06. The SMILES string of the molecule is OC(O)c1ccc(N(Cc2cncs2)c2ccc(OC(F)F)c(OC(F)F)c2)cc1. The van der Waals surface area contributed by atoms with E-state index in [9.17, 15) is 27.8 Å². The quantitative estimate of drug-likeness (QED) is 0.369. The number of hydrogen-bond donors (Lipinski definition) is 2. The van der Waals surface area contributed by atoms with Crippen LogP contribution in [0.3, 0.4) is 0 Å². The summed E-state index contributed by atoms with van der Waals surface area (Å²) >= 11 is 1.37. The van der Waals surface area contributed by atoms with Crippen LogP contribution in [0.1, 0.15) is 16.7 Å². The standard InChI is InChI=1S/C19H16F4N2O4S/c20-18(21)28-15-6-5-13(7-16(15)29-19(22)23)25(9-14-8-24-10-30-14)12-3-1-11(2-4-12)17(26)27/h1-8,10,17-19,26-27H,9H2. The first-order chi connectivity index (χ1) is 14.3. The predicted molar refractivity (Wildman–Crippen MR) is 101 cm³/mol. The van der Waals surface area contributed by atoms with Crippen LogP contribution in [0, 0.1) is 0 Å². The number of alkyl halides is 4. The van der Waals surface area contributed by atoms with Crippen LogP contribution in [0.15, 0.2) is 54.2 Å². The van der Waals surface area contributed by atoms with Gasteiger partial charge in [-0.2, -0.15) is 17.6 Å². The molecule has 160 valence electrons. The fourth-order valence-corrected chi connectivity index (χ4v) is 3.26. The Hall–Kier alpha value is -2.89. The van der Waals surface area contributed by atoms with E-state index in [0.29, 0.717) is 11.4 Å². The third kappa shape index (κ3) is 5.59. The van der Waals surface area contributed by atoms with E-state index in [0.717, 1.165) is 10.9 Å².